The first-order valence-corrected chi connectivity index (χ1v) is 12.9. The molecule has 0 radical (unpaired) electrons. The third-order valence-corrected chi connectivity index (χ3v) is 7.25. The highest BCUT2D eigenvalue weighted by atomic mass is 32.1. The van der Waals surface area contributed by atoms with Crippen LogP contribution < -0.4 is 9.47 Å². The van der Waals surface area contributed by atoms with Crippen molar-refractivity contribution in [2.75, 3.05) is 46.5 Å². The van der Waals surface area contributed by atoms with Crippen molar-refractivity contribution >= 4 is 28.6 Å². The summed E-state index contributed by atoms with van der Waals surface area (Å²) in [5, 5.41) is 13.7. The van der Waals surface area contributed by atoms with E-state index in [4.69, 9.17) is 14.2 Å². The van der Waals surface area contributed by atoms with E-state index in [1.807, 2.05) is 46.0 Å². The number of hydrogen-bond donors (Lipinski definition) is 1. The molecule has 1 N–H and O–H groups in total. The lowest BCUT2D eigenvalue weighted by molar-refractivity contribution is 0.0321. The zero-order valence-electron chi connectivity index (χ0n) is 19.1. The Morgan fingerprint density at radius 2 is 2.09 bits per heavy atom. The number of rotatable bonds is 11. The number of thiophene rings is 1. The number of nitrogens with zero attached hydrogens (tertiary/aromatic N) is 3. The van der Waals surface area contributed by atoms with E-state index in [2.05, 4.69) is 9.88 Å². The Balaban J connectivity index is 1.47. The summed E-state index contributed by atoms with van der Waals surface area (Å²) in [6, 6.07) is 9.51. The minimum atomic E-state index is -0.0894. The number of aliphatic hydroxyl groups is 1. The molecule has 0 atom stereocenters. The summed E-state index contributed by atoms with van der Waals surface area (Å²) in [5.74, 6) is 1.24. The van der Waals surface area contributed by atoms with Gasteiger partial charge in [0.25, 0.3) is 5.91 Å². The molecular weight excluding hydrogens is 474 g/mol. The number of ether oxygens (including phenoxy) is 3. The van der Waals surface area contributed by atoms with Gasteiger partial charge in [-0.15, -0.1) is 22.7 Å². The van der Waals surface area contributed by atoms with Gasteiger partial charge in [-0.25, -0.2) is 4.98 Å². The first kappa shape index (κ1) is 24.6. The molecule has 8 nitrogen and oxygen atoms in total. The number of hydrogen-bond acceptors (Lipinski definition) is 9. The molecule has 0 aliphatic carbocycles. The van der Waals surface area contributed by atoms with Crippen molar-refractivity contribution in [1.29, 1.82) is 0 Å². The second-order valence-corrected chi connectivity index (χ2v) is 9.71. The summed E-state index contributed by atoms with van der Waals surface area (Å²) in [5.41, 5.74) is 1.59. The summed E-state index contributed by atoms with van der Waals surface area (Å²) >= 11 is 2.90. The number of carbonyl (C=O) groups is 1. The molecule has 10 heteroatoms. The van der Waals surface area contributed by atoms with Gasteiger partial charge in [0.15, 0.2) is 11.5 Å². The van der Waals surface area contributed by atoms with Gasteiger partial charge in [0.2, 0.25) is 0 Å². The van der Waals surface area contributed by atoms with Gasteiger partial charge in [0.05, 0.1) is 37.5 Å². The van der Waals surface area contributed by atoms with Gasteiger partial charge in [0.1, 0.15) is 11.6 Å². The van der Waals surface area contributed by atoms with Gasteiger partial charge < -0.3 is 24.2 Å². The van der Waals surface area contributed by atoms with Crippen molar-refractivity contribution in [1.82, 2.24) is 14.8 Å². The molecule has 2 aromatic heterocycles. The molecule has 4 rings (SSSR count). The van der Waals surface area contributed by atoms with E-state index in [-0.39, 0.29) is 19.1 Å². The molecular formula is C24H29N3O5S2. The van der Waals surface area contributed by atoms with Crippen molar-refractivity contribution in [2.24, 2.45) is 0 Å². The predicted octanol–water partition coefficient (Wildman–Crippen LogP) is 3.26. The van der Waals surface area contributed by atoms with E-state index < -0.39 is 0 Å². The van der Waals surface area contributed by atoms with E-state index in [0.29, 0.717) is 30.3 Å². The molecule has 34 heavy (non-hydrogen) atoms. The summed E-state index contributed by atoms with van der Waals surface area (Å²) in [4.78, 5) is 22.5. The molecule has 3 aromatic rings. The van der Waals surface area contributed by atoms with Crippen molar-refractivity contribution in [3.8, 4) is 11.5 Å². The third-order valence-electron chi connectivity index (χ3n) is 5.52. The van der Waals surface area contributed by atoms with Crippen molar-refractivity contribution in [3.05, 3.63) is 62.2 Å². The van der Waals surface area contributed by atoms with E-state index in [9.17, 15) is 9.90 Å². The first-order valence-electron chi connectivity index (χ1n) is 11.1. The number of benzene rings is 1. The van der Waals surface area contributed by atoms with Crippen molar-refractivity contribution in [3.63, 3.8) is 0 Å². The second kappa shape index (κ2) is 12.3. The Hall–Kier alpha value is -2.50. The minimum Gasteiger partial charge on any atom is -0.493 e. The predicted molar refractivity (Wildman–Crippen MR) is 132 cm³/mol. The number of carbonyl (C=O) groups excluding carboxylic acids is 1. The van der Waals surface area contributed by atoms with Gasteiger partial charge in [-0.2, -0.15) is 0 Å². The van der Waals surface area contributed by atoms with Crippen LogP contribution in [-0.4, -0.2) is 72.3 Å². The number of morpholine rings is 1. The average Bonchev–Trinajstić information content (AvgIpc) is 3.58. The van der Waals surface area contributed by atoms with E-state index in [0.717, 1.165) is 48.3 Å². The fourth-order valence-corrected chi connectivity index (χ4v) is 5.06. The molecule has 1 amide bonds. The number of aromatic nitrogens is 1. The lowest BCUT2D eigenvalue weighted by Crippen LogP contribution is -2.42. The largest absolute Gasteiger partial charge is 0.493 e. The second-order valence-electron chi connectivity index (χ2n) is 7.82. The highest BCUT2D eigenvalue weighted by Crippen LogP contribution is 2.30. The minimum absolute atomic E-state index is 0.0286. The van der Waals surface area contributed by atoms with Crippen LogP contribution in [-0.2, 0) is 24.5 Å². The fraction of sp³-hybridized carbons (Fsp3) is 0.417. The van der Waals surface area contributed by atoms with Crippen LogP contribution in [0.5, 0.6) is 11.5 Å². The quantitative estimate of drug-likeness (QED) is 0.430. The lowest BCUT2D eigenvalue weighted by Gasteiger charge is -2.30. The van der Waals surface area contributed by atoms with Crippen LogP contribution in [0, 0.1) is 0 Å². The molecule has 0 unspecified atom stereocenters. The Morgan fingerprint density at radius 1 is 1.24 bits per heavy atom. The van der Waals surface area contributed by atoms with Gasteiger partial charge in [-0.05, 0) is 29.1 Å². The Kier molecular flexibility index (Phi) is 8.89. The molecule has 0 bridgehead atoms. The van der Waals surface area contributed by atoms with Crippen LogP contribution in [0.15, 0.2) is 41.1 Å². The Labute approximate surface area is 207 Å². The molecule has 1 fully saturated rings. The Morgan fingerprint density at radius 3 is 2.79 bits per heavy atom. The lowest BCUT2D eigenvalue weighted by atomic mass is 10.1. The molecule has 1 aromatic carbocycles. The standard InChI is InChI=1S/C24H29N3O5S2/c1-30-20-5-4-18(13-21(20)32-16-23-25-19(15-28)17-34-23)14-27(24(29)22-3-2-12-33-22)7-6-26-8-10-31-11-9-26/h2-5,12-13,17,28H,6-11,14-16H2,1H3. The van der Waals surface area contributed by atoms with Crippen LogP contribution in [0.4, 0.5) is 0 Å². The smallest absolute Gasteiger partial charge is 0.264 e. The molecule has 1 aliphatic rings. The fourth-order valence-electron chi connectivity index (χ4n) is 3.68. The van der Waals surface area contributed by atoms with Crippen LogP contribution in [0.1, 0.15) is 25.9 Å². The number of amides is 1. The summed E-state index contributed by atoms with van der Waals surface area (Å²) in [6.07, 6.45) is 0. The molecule has 0 saturated carbocycles. The SMILES string of the molecule is COc1ccc(CN(CCN2CCOCC2)C(=O)c2cccs2)cc1OCc1nc(CO)cs1. The summed E-state index contributed by atoms with van der Waals surface area (Å²) in [6.45, 7) is 5.32. The molecule has 1 aliphatic heterocycles. The van der Waals surface area contributed by atoms with Gasteiger partial charge in [0, 0.05) is 38.1 Å². The van der Waals surface area contributed by atoms with E-state index >= 15 is 0 Å². The van der Waals surface area contributed by atoms with Crippen molar-refractivity contribution in [2.45, 2.75) is 19.8 Å². The zero-order valence-corrected chi connectivity index (χ0v) is 20.8. The van der Waals surface area contributed by atoms with E-state index in [1.54, 1.807) is 7.11 Å². The molecule has 182 valence electrons. The maximum absolute atomic E-state index is 13.2. The zero-order chi connectivity index (χ0) is 23.8. The molecule has 0 spiro atoms. The van der Waals surface area contributed by atoms with Crippen LogP contribution in [0.3, 0.4) is 0 Å². The topological polar surface area (TPSA) is 84.4 Å². The van der Waals surface area contributed by atoms with E-state index in [1.165, 1.54) is 22.7 Å². The monoisotopic (exact) mass is 503 g/mol. The van der Waals surface area contributed by atoms with Gasteiger partial charge in [-0.3, -0.25) is 9.69 Å². The van der Waals surface area contributed by atoms with Crippen LogP contribution >= 0.6 is 22.7 Å². The average molecular weight is 504 g/mol. The van der Waals surface area contributed by atoms with Gasteiger partial charge >= 0.3 is 0 Å². The van der Waals surface area contributed by atoms with Crippen molar-refractivity contribution < 1.29 is 24.1 Å². The number of methoxy groups -OCH3 is 1. The number of thiazole rings is 1. The Bertz CT molecular complexity index is 1050. The van der Waals surface area contributed by atoms with Gasteiger partial charge in [-0.1, -0.05) is 12.1 Å². The maximum Gasteiger partial charge on any atom is 0.264 e. The van der Waals surface area contributed by atoms with Crippen LogP contribution in [0.2, 0.25) is 0 Å². The molecule has 1 saturated heterocycles. The highest BCUT2D eigenvalue weighted by Gasteiger charge is 2.20. The molecule has 3 heterocycles. The first-order chi connectivity index (χ1) is 16.7. The van der Waals surface area contributed by atoms with Crippen LogP contribution in [0.25, 0.3) is 0 Å². The maximum atomic E-state index is 13.2. The number of aliphatic hydroxyl groups excluding tert-OH is 1. The third kappa shape index (κ3) is 6.55. The summed E-state index contributed by atoms with van der Waals surface area (Å²) in [7, 11) is 1.60. The normalized spacial score (nSPS) is 14.2. The summed E-state index contributed by atoms with van der Waals surface area (Å²) < 4.78 is 16.9. The highest BCUT2D eigenvalue weighted by molar-refractivity contribution is 7.12.